The van der Waals surface area contributed by atoms with E-state index in [0.717, 1.165) is 6.42 Å². The summed E-state index contributed by atoms with van der Waals surface area (Å²) in [5, 5.41) is 0. The summed E-state index contributed by atoms with van der Waals surface area (Å²) in [6, 6.07) is 0. The smallest absolute Gasteiger partial charge is 0.210 e. The third-order valence-electron chi connectivity index (χ3n) is 3.04. The highest BCUT2D eigenvalue weighted by Crippen LogP contribution is 2.53. The summed E-state index contributed by atoms with van der Waals surface area (Å²) in [6.45, 7) is 2.20. The molecule has 1 aliphatic heterocycles. The second-order valence-corrected chi connectivity index (χ2v) is 6.77. The Hall–Kier alpha value is -0.0700. The first-order chi connectivity index (χ1) is 6.20. The van der Waals surface area contributed by atoms with Crippen LogP contribution in [0.25, 0.3) is 0 Å². The van der Waals surface area contributed by atoms with Gasteiger partial charge in [-0.2, -0.15) is 0 Å². The Morgan fingerprint density at radius 1 is 1.31 bits per heavy atom. The van der Waals surface area contributed by atoms with Crippen molar-refractivity contribution in [3.8, 4) is 0 Å². The minimum Gasteiger partial charge on any atom is -0.324 e. The molecule has 2 nitrogen and oxygen atoms in total. The molecule has 2 rings (SSSR count). The van der Waals surface area contributed by atoms with E-state index in [0.29, 0.717) is 18.2 Å². The fraction of sp³-hybridized carbons (Fsp3) is 0.800. The van der Waals surface area contributed by atoms with Crippen molar-refractivity contribution in [3.05, 3.63) is 12.2 Å². The van der Waals surface area contributed by atoms with Crippen LogP contribution >= 0.6 is 7.37 Å². The second kappa shape index (κ2) is 3.59. The largest absolute Gasteiger partial charge is 0.324 e. The molecule has 0 unspecified atom stereocenters. The van der Waals surface area contributed by atoms with Gasteiger partial charge in [0.2, 0.25) is 7.37 Å². The molecular weight excluding hydrogens is 183 g/mol. The number of hydrogen-bond acceptors (Lipinski definition) is 2. The molecule has 0 saturated heterocycles. The van der Waals surface area contributed by atoms with E-state index in [1.807, 2.05) is 12.2 Å². The van der Waals surface area contributed by atoms with Crippen LogP contribution < -0.4 is 0 Å². The lowest BCUT2D eigenvalue weighted by atomic mass is 10.1. The summed E-state index contributed by atoms with van der Waals surface area (Å²) in [4.78, 5) is 0. The van der Waals surface area contributed by atoms with Gasteiger partial charge in [-0.3, -0.25) is 4.57 Å². The van der Waals surface area contributed by atoms with Crippen molar-refractivity contribution in [2.45, 2.75) is 32.3 Å². The third kappa shape index (κ3) is 2.05. The van der Waals surface area contributed by atoms with Gasteiger partial charge >= 0.3 is 0 Å². The van der Waals surface area contributed by atoms with Crippen molar-refractivity contribution in [3.63, 3.8) is 0 Å². The molecule has 1 heterocycles. The van der Waals surface area contributed by atoms with Crippen LogP contribution in [0.15, 0.2) is 12.2 Å². The maximum absolute atomic E-state index is 12.0. The van der Waals surface area contributed by atoms with Gasteiger partial charge in [-0.1, -0.05) is 25.5 Å². The van der Waals surface area contributed by atoms with Crippen molar-refractivity contribution >= 4 is 7.37 Å². The average molecular weight is 200 g/mol. The molecule has 0 bridgehead atoms. The molecule has 0 aromatic heterocycles. The fourth-order valence-corrected chi connectivity index (χ4v) is 4.21. The van der Waals surface area contributed by atoms with E-state index in [-0.39, 0.29) is 6.10 Å². The first kappa shape index (κ1) is 9.48. The Kier molecular flexibility index (Phi) is 2.62. The van der Waals surface area contributed by atoms with Gasteiger partial charge in [0.25, 0.3) is 0 Å². The number of rotatable bonds is 2. The summed E-state index contributed by atoms with van der Waals surface area (Å²) < 4.78 is 17.8. The Balaban J connectivity index is 1.93. The van der Waals surface area contributed by atoms with Crippen LogP contribution in [-0.4, -0.2) is 18.4 Å². The van der Waals surface area contributed by atoms with Crippen molar-refractivity contribution in [1.29, 1.82) is 0 Å². The molecular formula is C10H17O2P. The summed E-state index contributed by atoms with van der Waals surface area (Å²) in [5.74, 6) is 0.603. The maximum atomic E-state index is 12.0. The minimum atomic E-state index is -2.27. The van der Waals surface area contributed by atoms with Gasteiger partial charge in [0.15, 0.2) is 0 Å². The Morgan fingerprint density at radius 2 is 2.00 bits per heavy atom. The Bertz CT molecular complexity index is 248. The van der Waals surface area contributed by atoms with E-state index in [2.05, 4.69) is 6.92 Å². The molecule has 3 heteroatoms. The molecule has 0 N–H and O–H groups in total. The summed E-state index contributed by atoms with van der Waals surface area (Å²) in [6.07, 6.45) is 9.14. The van der Waals surface area contributed by atoms with E-state index >= 15 is 0 Å². The van der Waals surface area contributed by atoms with Crippen LogP contribution in [0.5, 0.6) is 0 Å². The van der Waals surface area contributed by atoms with Crippen LogP contribution in [0.2, 0.25) is 0 Å². The zero-order valence-electron chi connectivity index (χ0n) is 8.11. The van der Waals surface area contributed by atoms with Crippen LogP contribution in [0.4, 0.5) is 0 Å². The molecule has 13 heavy (non-hydrogen) atoms. The van der Waals surface area contributed by atoms with E-state index < -0.39 is 7.37 Å². The highest BCUT2D eigenvalue weighted by molar-refractivity contribution is 7.59. The third-order valence-corrected chi connectivity index (χ3v) is 5.23. The topological polar surface area (TPSA) is 26.3 Å². The van der Waals surface area contributed by atoms with Crippen molar-refractivity contribution < 1.29 is 9.09 Å². The highest BCUT2D eigenvalue weighted by Gasteiger charge is 2.33. The van der Waals surface area contributed by atoms with Gasteiger partial charge in [-0.15, -0.1) is 0 Å². The molecule has 0 aromatic rings. The first-order valence-corrected chi connectivity index (χ1v) is 7.11. The standard InChI is InChI=1S/C10H17O2P/c1-9-5-4-6-10(9)12-13(11)7-2-3-8-13/h2-3,9-10H,4-8H2,1H3/t9-,10+/m1/s1. The second-order valence-electron chi connectivity index (χ2n) is 4.20. The lowest BCUT2D eigenvalue weighted by molar-refractivity contribution is 0.172. The molecule has 2 aliphatic rings. The zero-order chi connectivity index (χ0) is 9.31. The molecule has 0 spiro atoms. The van der Waals surface area contributed by atoms with Gasteiger partial charge < -0.3 is 4.52 Å². The van der Waals surface area contributed by atoms with E-state index in [1.54, 1.807) is 0 Å². The highest BCUT2D eigenvalue weighted by atomic mass is 31.2. The van der Waals surface area contributed by atoms with Crippen LogP contribution in [-0.2, 0) is 9.09 Å². The SMILES string of the molecule is C[C@@H]1CCC[C@@H]1OP1(=O)CC=CC1. The van der Waals surface area contributed by atoms with E-state index in [9.17, 15) is 4.57 Å². The fourth-order valence-electron chi connectivity index (χ4n) is 2.15. The molecule has 2 atom stereocenters. The monoisotopic (exact) mass is 200 g/mol. The quantitative estimate of drug-likeness (QED) is 0.506. The van der Waals surface area contributed by atoms with Gasteiger partial charge in [0, 0.05) is 12.3 Å². The Labute approximate surface area is 79.8 Å². The lowest BCUT2D eigenvalue weighted by Gasteiger charge is -2.21. The number of hydrogen-bond donors (Lipinski definition) is 0. The molecule has 74 valence electrons. The van der Waals surface area contributed by atoms with E-state index in [4.69, 9.17) is 4.52 Å². The summed E-state index contributed by atoms with van der Waals surface area (Å²) in [5.41, 5.74) is 0. The minimum absolute atomic E-state index is 0.269. The summed E-state index contributed by atoms with van der Waals surface area (Å²) in [7, 11) is -2.27. The normalized spacial score (nSPS) is 37.0. The van der Waals surface area contributed by atoms with Crippen molar-refractivity contribution in [2.75, 3.05) is 12.3 Å². The predicted molar refractivity (Wildman–Crippen MR) is 54.4 cm³/mol. The van der Waals surface area contributed by atoms with E-state index in [1.165, 1.54) is 12.8 Å². The number of allylic oxidation sites excluding steroid dienone is 2. The molecule has 0 amide bonds. The van der Waals surface area contributed by atoms with Gasteiger partial charge in [-0.25, -0.2) is 0 Å². The summed E-state index contributed by atoms with van der Waals surface area (Å²) >= 11 is 0. The van der Waals surface area contributed by atoms with Crippen molar-refractivity contribution in [1.82, 2.24) is 0 Å². The maximum Gasteiger partial charge on any atom is 0.210 e. The molecule has 1 saturated carbocycles. The van der Waals surface area contributed by atoms with Gasteiger partial charge in [0.1, 0.15) is 0 Å². The molecule has 1 aliphatic carbocycles. The van der Waals surface area contributed by atoms with Gasteiger partial charge in [0.05, 0.1) is 6.10 Å². The Morgan fingerprint density at radius 3 is 2.54 bits per heavy atom. The van der Waals surface area contributed by atoms with Crippen LogP contribution in [0.1, 0.15) is 26.2 Å². The zero-order valence-corrected chi connectivity index (χ0v) is 9.00. The molecule has 0 aromatic carbocycles. The van der Waals surface area contributed by atoms with Crippen molar-refractivity contribution in [2.24, 2.45) is 5.92 Å². The molecule has 1 fully saturated rings. The average Bonchev–Trinajstić information content (AvgIpc) is 2.64. The first-order valence-electron chi connectivity index (χ1n) is 5.11. The molecule has 0 radical (unpaired) electrons. The van der Waals surface area contributed by atoms with Crippen LogP contribution in [0, 0.1) is 5.92 Å². The lowest BCUT2D eigenvalue weighted by Crippen LogP contribution is -2.14. The van der Waals surface area contributed by atoms with Crippen LogP contribution in [0.3, 0.4) is 0 Å². The van der Waals surface area contributed by atoms with Gasteiger partial charge in [-0.05, 0) is 18.8 Å². The predicted octanol–water partition coefficient (Wildman–Crippen LogP) is 3.04.